The van der Waals surface area contributed by atoms with Crippen LogP contribution in [0.4, 0.5) is 0 Å². The van der Waals surface area contributed by atoms with Crippen molar-refractivity contribution in [2.24, 2.45) is 0 Å². The van der Waals surface area contributed by atoms with E-state index in [1.807, 2.05) is 0 Å². The van der Waals surface area contributed by atoms with E-state index in [0.717, 1.165) is 6.54 Å². The van der Waals surface area contributed by atoms with Gasteiger partial charge in [0, 0.05) is 29.7 Å². The fourth-order valence-corrected chi connectivity index (χ4v) is 27.8. The third-order valence-electron chi connectivity index (χ3n) is 27.3. The number of hydrogen-bond donors (Lipinski definition) is 1. The molecule has 0 aromatic heterocycles. The van der Waals surface area contributed by atoms with Gasteiger partial charge in [-0.2, -0.15) is 0 Å². The van der Waals surface area contributed by atoms with Gasteiger partial charge in [-0.25, -0.2) is 4.79 Å². The van der Waals surface area contributed by atoms with Crippen LogP contribution in [0.1, 0.15) is 59.6 Å². The maximum atomic E-state index is 16.6. The van der Waals surface area contributed by atoms with Crippen molar-refractivity contribution in [3.8, 4) is 0 Å². The maximum absolute atomic E-state index is 16.6. The third kappa shape index (κ3) is 1.44. The Morgan fingerprint density at radius 3 is 1.18 bits per heavy atom. The summed E-state index contributed by atoms with van der Waals surface area (Å²) in [5, 5.41) is 84.7. The summed E-state index contributed by atoms with van der Waals surface area (Å²) in [5.74, 6) is 0.0367. The van der Waals surface area contributed by atoms with E-state index in [0.29, 0.717) is 13.0 Å². The zero-order valence-corrected chi connectivity index (χ0v) is 38.1. The molecule has 0 radical (unpaired) electrons. The second-order valence-electron chi connectivity index (χ2n) is 27.0. The normalized spacial score (nSPS) is 28.1. The molecule has 26 aromatic carbocycles. The second kappa shape index (κ2) is 6.27. The molecule has 1 heterocycles. The first-order chi connectivity index (χ1) is 36.2. The highest BCUT2D eigenvalue weighted by Crippen LogP contribution is 2.93. The number of nitrogens with one attached hydrogen (secondary N) is 1. The first-order valence-corrected chi connectivity index (χ1v) is 27.6. The van der Waals surface area contributed by atoms with Crippen LogP contribution < -0.4 is 5.32 Å². The van der Waals surface area contributed by atoms with Crippen LogP contribution in [0.2, 0.25) is 0 Å². The van der Waals surface area contributed by atoms with Gasteiger partial charge in [0.05, 0.1) is 12.0 Å². The number of carbonyl (C=O) groups is 1. The average molecular weight is 902 g/mol. The summed E-state index contributed by atoms with van der Waals surface area (Å²) in [6.45, 7) is 5.39. The van der Waals surface area contributed by atoms with Crippen molar-refractivity contribution in [1.82, 2.24) is 5.32 Å². The van der Waals surface area contributed by atoms with Gasteiger partial charge in [-0.3, -0.25) is 5.32 Å². The summed E-state index contributed by atoms with van der Waals surface area (Å²) in [7, 11) is 0. The zero-order valence-electron chi connectivity index (χ0n) is 38.1. The van der Waals surface area contributed by atoms with E-state index in [1.54, 1.807) is 303 Å². The van der Waals surface area contributed by atoms with Crippen LogP contribution in [0, 0.1) is 0 Å². The number of benzene rings is 17. The minimum absolute atomic E-state index is 0.0245. The van der Waals surface area contributed by atoms with Crippen molar-refractivity contribution in [2.75, 3.05) is 13.2 Å². The molecule has 312 valence electrons. The van der Waals surface area contributed by atoms with Gasteiger partial charge in [0.2, 0.25) is 0 Å². The van der Waals surface area contributed by atoms with Crippen molar-refractivity contribution in [1.29, 1.82) is 0 Å². The lowest BCUT2D eigenvalue weighted by atomic mass is 9.36. The molecule has 3 heteroatoms. The van der Waals surface area contributed by atoms with E-state index in [9.17, 15) is 0 Å². The minimum atomic E-state index is -1.00. The molecule has 3 spiro atoms. The number of carbonyl (C=O) groups excluding carboxylic acids is 1. The summed E-state index contributed by atoms with van der Waals surface area (Å²) in [6.07, 6.45) is 2.88. The molecule has 26 aromatic rings. The molecule has 5 unspecified atom stereocenters. The molecule has 34 rings (SSSR count). The number of esters is 1. The van der Waals surface area contributed by atoms with Gasteiger partial charge in [0.1, 0.15) is 5.54 Å². The van der Waals surface area contributed by atoms with Crippen molar-refractivity contribution in [2.45, 2.75) is 48.0 Å². The highest BCUT2D eigenvalue weighted by molar-refractivity contribution is 6.80. The summed E-state index contributed by atoms with van der Waals surface area (Å²) in [6, 6.07) is 0. The van der Waals surface area contributed by atoms with Gasteiger partial charge >= 0.3 is 5.97 Å². The molecular weight excluding hydrogens is 887 g/mol. The Balaban J connectivity index is 1.17. The first kappa shape index (κ1) is 28.1. The second-order valence-corrected chi connectivity index (χ2v) is 27.0. The topological polar surface area (TPSA) is 38.3 Å². The van der Waals surface area contributed by atoms with Crippen LogP contribution in [-0.4, -0.2) is 24.7 Å². The van der Waals surface area contributed by atoms with E-state index in [-0.39, 0.29) is 11.9 Å². The summed E-state index contributed by atoms with van der Waals surface area (Å²) in [4.78, 5) is 16.6. The lowest BCUT2D eigenvalue weighted by molar-refractivity contribution is -0.153. The van der Waals surface area contributed by atoms with Crippen molar-refractivity contribution < 1.29 is 9.53 Å². The van der Waals surface area contributed by atoms with Gasteiger partial charge in [-0.05, 0) is 328 Å². The minimum Gasteiger partial charge on any atom is -0.465 e. The van der Waals surface area contributed by atoms with Crippen LogP contribution >= 0.6 is 0 Å². The zero-order chi connectivity index (χ0) is 44.0. The third-order valence-corrected chi connectivity index (χ3v) is 27.3. The van der Waals surface area contributed by atoms with E-state index in [2.05, 4.69) is 31.0 Å². The molecule has 1 N–H and O–H groups in total. The Morgan fingerprint density at radius 2 is 0.767 bits per heavy atom. The maximum Gasteiger partial charge on any atom is 0.327 e. The van der Waals surface area contributed by atoms with Gasteiger partial charge in [0.15, 0.2) is 0 Å². The lowest BCUT2D eigenvalue weighted by Crippen LogP contribution is -2.70. The highest BCUT2D eigenvalue weighted by Gasteiger charge is 2.92. The van der Waals surface area contributed by atoms with Crippen molar-refractivity contribution in [3.05, 3.63) is 50.8 Å². The monoisotopic (exact) mass is 901 g/mol. The molecule has 7 aliphatic carbocycles. The predicted molar refractivity (Wildman–Crippen MR) is 299 cm³/mol. The SMILES string of the molecule is CC=C=C1CC2(C(=O)OCC)NCC34c5c6c7c8c9c%10c%11c%12c%13c(c%14c%15c3c3c5c5c7c7c%16c8c8c%10c%10c%11c%11c%13c%13c%14c%14c%15c%15c3c3c5c7c5c7c%16c8c8c%10c%10c%11c%13c%11c%14c%13c%15c3c5c3c%13c%11c%10c8c73)C24C1%12C69. The number of hydrogen-bond acceptors (Lipinski definition) is 3. The van der Waals surface area contributed by atoms with Crippen LogP contribution in [0.5, 0.6) is 0 Å². The number of ether oxygens (including phenoxy) is 1. The molecule has 1 saturated carbocycles. The molecule has 5 atom stereocenters. The van der Waals surface area contributed by atoms with Crippen LogP contribution in [0.25, 0.3) is 269 Å². The fourth-order valence-electron chi connectivity index (χ4n) is 27.8. The first-order valence-electron chi connectivity index (χ1n) is 27.6. The van der Waals surface area contributed by atoms with Crippen molar-refractivity contribution >= 4 is 275 Å². The number of rotatable bonds is 2. The molecule has 1 saturated heterocycles. The molecule has 0 amide bonds. The van der Waals surface area contributed by atoms with E-state index in [1.165, 1.54) is 5.57 Å². The molecule has 73 heavy (non-hydrogen) atoms. The van der Waals surface area contributed by atoms with E-state index >= 15 is 4.79 Å². The Bertz CT molecular complexity index is 7560. The Morgan fingerprint density at radius 1 is 0.438 bits per heavy atom. The molecule has 2 fully saturated rings. The standard InChI is InChI=1S/C70H15NO2/c1-3-5-8-6-68(66(72)73-4-2)70-65-58-48-40-28-22-13-11-9-10-12-14(13)23(28)31-30-21(12)24-18(10)20-19-15(9)17-16(11)25-29(22)39-45-35(25)36-27(17)32-26(19)34-33(20)38-37(24)44-41(30)50(43(31)48)60(65)64-53(44)52(38)54-49(34)51-42(32)46(36)56-55(45)61(57(58)47(39)40)67(70,7-71-68)62(56)59(51)63(54)69(8,64)70/h3,63,71H,4,6-7H2,1-2H3. The largest absolute Gasteiger partial charge is 0.465 e. The molecule has 8 aliphatic rings. The van der Waals surface area contributed by atoms with Crippen LogP contribution in [0.3, 0.4) is 0 Å². The van der Waals surface area contributed by atoms with Gasteiger partial charge in [-0.1, -0.05) is 0 Å². The Hall–Kier alpha value is -8.33. The van der Waals surface area contributed by atoms with Crippen LogP contribution in [0.15, 0.2) is 17.4 Å². The summed E-state index contributed by atoms with van der Waals surface area (Å²) in [5.41, 5.74) is 12.6. The average Bonchev–Trinajstić information content (AvgIpc) is 4.37. The quantitative estimate of drug-likeness (QED) is 0.107. The molecular formula is C70H15NO2. The molecule has 3 nitrogen and oxygen atoms in total. The van der Waals surface area contributed by atoms with Gasteiger partial charge < -0.3 is 4.74 Å². The summed E-state index contributed by atoms with van der Waals surface area (Å²) >= 11 is 0. The molecule has 0 bridgehead atoms. The summed E-state index contributed by atoms with van der Waals surface area (Å²) < 4.78 is 6.78. The Labute approximate surface area is 399 Å². The Kier molecular flexibility index (Phi) is 2.41. The van der Waals surface area contributed by atoms with Gasteiger partial charge in [-0.15, -0.1) is 5.73 Å². The van der Waals surface area contributed by atoms with Gasteiger partial charge in [0.25, 0.3) is 0 Å². The van der Waals surface area contributed by atoms with Crippen LogP contribution in [-0.2, 0) is 25.8 Å². The smallest absolute Gasteiger partial charge is 0.327 e. The van der Waals surface area contributed by atoms with E-state index < -0.39 is 21.8 Å². The molecule has 1 aliphatic heterocycles. The fraction of sp³-hybridized carbons (Fsp3) is 0.143. The lowest BCUT2D eigenvalue weighted by Gasteiger charge is -2.62. The predicted octanol–water partition coefficient (Wildman–Crippen LogP) is 16.4. The van der Waals surface area contributed by atoms with E-state index in [4.69, 9.17) is 4.74 Å². The van der Waals surface area contributed by atoms with Crippen molar-refractivity contribution in [3.63, 3.8) is 0 Å². The highest BCUT2D eigenvalue weighted by atomic mass is 16.5.